The Hall–Kier alpha value is -2.57. The van der Waals surface area contributed by atoms with Gasteiger partial charge in [-0.05, 0) is 29.7 Å². The zero-order chi connectivity index (χ0) is 19.5. The molecule has 1 heterocycles. The Bertz CT molecular complexity index is 995. The number of piperazine rings is 1. The summed E-state index contributed by atoms with van der Waals surface area (Å²) >= 11 is 5.61. The lowest BCUT2D eigenvalue weighted by atomic mass is 10.1. The third-order valence-electron chi connectivity index (χ3n) is 5.12. The smallest absolute Gasteiger partial charge is 0.173 e. The molecule has 0 bridgehead atoms. The molecule has 0 unspecified atom stereocenters. The Morgan fingerprint density at radius 3 is 2.43 bits per heavy atom. The number of fused-ring (bicyclic) bond motifs is 1. The molecule has 3 nitrogen and oxygen atoms in total. The number of hydrogen-bond acceptors (Lipinski definition) is 2. The third kappa shape index (κ3) is 3.98. The molecule has 3 aromatic rings. The largest absolute Gasteiger partial charge is 0.346 e. The van der Waals surface area contributed by atoms with Crippen molar-refractivity contribution in [1.29, 1.82) is 0 Å². The Balaban J connectivity index is 1.37. The summed E-state index contributed by atoms with van der Waals surface area (Å²) < 4.78 is 27.3. The minimum atomic E-state index is -0.795. The fourth-order valence-corrected chi connectivity index (χ4v) is 3.84. The van der Waals surface area contributed by atoms with E-state index in [-0.39, 0.29) is 0 Å². The Kier molecular flexibility index (Phi) is 5.50. The normalized spacial score (nSPS) is 15.0. The van der Waals surface area contributed by atoms with E-state index in [0.717, 1.165) is 48.7 Å². The number of benzene rings is 3. The number of halogens is 2. The van der Waals surface area contributed by atoms with Gasteiger partial charge in [0.2, 0.25) is 0 Å². The van der Waals surface area contributed by atoms with Crippen molar-refractivity contribution in [2.45, 2.75) is 6.54 Å². The highest BCUT2D eigenvalue weighted by Gasteiger charge is 2.20. The topological polar surface area (TPSA) is 18.5 Å². The van der Waals surface area contributed by atoms with Crippen molar-refractivity contribution >= 4 is 33.8 Å². The van der Waals surface area contributed by atoms with Gasteiger partial charge in [-0.15, -0.1) is 0 Å². The maximum atomic E-state index is 13.9. The highest BCUT2D eigenvalue weighted by molar-refractivity contribution is 7.80. The van der Waals surface area contributed by atoms with E-state index in [1.165, 1.54) is 0 Å². The number of nitrogens with one attached hydrogen (secondary N) is 1. The maximum absolute atomic E-state index is 13.9. The Morgan fingerprint density at radius 2 is 1.61 bits per heavy atom. The predicted molar refractivity (Wildman–Crippen MR) is 113 cm³/mol. The molecule has 28 heavy (non-hydrogen) atoms. The maximum Gasteiger partial charge on any atom is 0.173 e. The van der Waals surface area contributed by atoms with Crippen LogP contribution in [0.5, 0.6) is 0 Å². The Morgan fingerprint density at radius 1 is 0.893 bits per heavy atom. The molecule has 1 saturated heterocycles. The lowest BCUT2D eigenvalue weighted by Gasteiger charge is -2.36. The summed E-state index contributed by atoms with van der Waals surface area (Å²) in [6.07, 6.45) is 0. The quantitative estimate of drug-likeness (QED) is 0.649. The molecule has 1 N–H and O–H groups in total. The van der Waals surface area contributed by atoms with Gasteiger partial charge >= 0.3 is 0 Å². The molecule has 1 aliphatic heterocycles. The molecule has 0 radical (unpaired) electrons. The second-order valence-corrected chi connectivity index (χ2v) is 7.32. The minimum absolute atomic E-state index is 0.393. The third-order valence-corrected chi connectivity index (χ3v) is 5.48. The minimum Gasteiger partial charge on any atom is -0.346 e. The fraction of sp³-hybridized carbons (Fsp3) is 0.227. The van der Waals surface area contributed by atoms with Crippen LogP contribution >= 0.6 is 12.2 Å². The van der Waals surface area contributed by atoms with Crippen LogP contribution < -0.4 is 5.32 Å². The van der Waals surface area contributed by atoms with Gasteiger partial charge < -0.3 is 10.2 Å². The van der Waals surface area contributed by atoms with Gasteiger partial charge in [0.15, 0.2) is 16.7 Å². The van der Waals surface area contributed by atoms with E-state index in [4.69, 9.17) is 12.2 Å². The van der Waals surface area contributed by atoms with Crippen LogP contribution in [0.15, 0.2) is 60.7 Å². The van der Waals surface area contributed by atoms with E-state index in [1.807, 2.05) is 24.3 Å². The van der Waals surface area contributed by atoms with Crippen LogP contribution in [0, 0.1) is 11.6 Å². The first kappa shape index (κ1) is 18.8. The Labute approximate surface area is 168 Å². The molecule has 1 fully saturated rings. The highest BCUT2D eigenvalue weighted by Crippen LogP contribution is 2.23. The SMILES string of the molecule is Fc1cccc(CN2CCN(C(=S)Nc3cccc4ccccc34)CC2)c1F. The average Bonchev–Trinajstić information content (AvgIpc) is 2.72. The van der Waals surface area contributed by atoms with Crippen LogP contribution in [0.4, 0.5) is 14.5 Å². The van der Waals surface area contributed by atoms with Gasteiger partial charge in [0.1, 0.15) is 0 Å². The van der Waals surface area contributed by atoms with E-state index in [0.29, 0.717) is 17.2 Å². The zero-order valence-corrected chi connectivity index (χ0v) is 16.2. The average molecular weight is 397 g/mol. The summed E-state index contributed by atoms with van der Waals surface area (Å²) in [4.78, 5) is 4.24. The number of anilines is 1. The van der Waals surface area contributed by atoms with Crippen LogP contribution in [-0.4, -0.2) is 41.1 Å². The van der Waals surface area contributed by atoms with Gasteiger partial charge in [0, 0.05) is 49.4 Å². The molecule has 6 heteroatoms. The van der Waals surface area contributed by atoms with Crippen molar-refractivity contribution in [3.8, 4) is 0 Å². The summed E-state index contributed by atoms with van der Waals surface area (Å²) in [5, 5.41) is 6.35. The van der Waals surface area contributed by atoms with E-state index in [1.54, 1.807) is 12.1 Å². The van der Waals surface area contributed by atoms with Gasteiger partial charge in [-0.2, -0.15) is 0 Å². The van der Waals surface area contributed by atoms with Crippen molar-refractivity contribution in [2.24, 2.45) is 0 Å². The van der Waals surface area contributed by atoms with Gasteiger partial charge in [-0.1, -0.05) is 48.5 Å². The standard InChI is InChI=1S/C22H21F2N3S/c23-19-9-3-7-17(21(19)24)15-26-11-13-27(14-12-26)22(28)25-20-10-4-6-16-5-1-2-8-18(16)20/h1-10H,11-15H2,(H,25,28). The van der Waals surface area contributed by atoms with Gasteiger partial charge in [0.05, 0.1) is 0 Å². The van der Waals surface area contributed by atoms with Crippen LogP contribution in [0.25, 0.3) is 10.8 Å². The van der Waals surface area contributed by atoms with Crippen LogP contribution in [0.2, 0.25) is 0 Å². The van der Waals surface area contributed by atoms with Crippen molar-refractivity contribution in [2.75, 3.05) is 31.5 Å². The number of rotatable bonds is 3. The van der Waals surface area contributed by atoms with Crippen molar-refractivity contribution < 1.29 is 8.78 Å². The monoisotopic (exact) mass is 397 g/mol. The molecule has 0 aliphatic carbocycles. The predicted octanol–water partition coefficient (Wildman–Crippen LogP) is 4.63. The summed E-state index contributed by atoms with van der Waals surface area (Å²) in [5.41, 5.74) is 1.39. The zero-order valence-electron chi connectivity index (χ0n) is 15.4. The molecular weight excluding hydrogens is 376 g/mol. The molecule has 0 spiro atoms. The van der Waals surface area contributed by atoms with E-state index < -0.39 is 11.6 Å². The fourth-order valence-electron chi connectivity index (χ4n) is 3.55. The highest BCUT2D eigenvalue weighted by atomic mass is 32.1. The molecule has 0 atom stereocenters. The molecule has 144 valence electrons. The molecule has 0 aromatic heterocycles. The summed E-state index contributed by atoms with van der Waals surface area (Å²) in [5.74, 6) is -1.55. The second-order valence-electron chi connectivity index (χ2n) is 6.93. The first-order chi connectivity index (χ1) is 13.6. The lowest BCUT2D eigenvalue weighted by Crippen LogP contribution is -2.49. The van der Waals surface area contributed by atoms with Crippen molar-refractivity contribution in [3.05, 3.63) is 77.9 Å². The van der Waals surface area contributed by atoms with E-state index in [9.17, 15) is 8.78 Å². The lowest BCUT2D eigenvalue weighted by molar-refractivity contribution is 0.175. The summed E-state index contributed by atoms with van der Waals surface area (Å²) in [6.45, 7) is 3.38. The number of nitrogens with zero attached hydrogens (tertiary/aromatic N) is 2. The number of hydrogen-bond donors (Lipinski definition) is 1. The molecular formula is C22H21F2N3S. The van der Waals surface area contributed by atoms with Gasteiger partial charge in [0.25, 0.3) is 0 Å². The first-order valence-corrected chi connectivity index (χ1v) is 9.71. The summed E-state index contributed by atoms with van der Waals surface area (Å²) in [7, 11) is 0. The first-order valence-electron chi connectivity index (χ1n) is 9.31. The van der Waals surface area contributed by atoms with Crippen LogP contribution in [0.1, 0.15) is 5.56 Å². The van der Waals surface area contributed by atoms with Crippen molar-refractivity contribution in [3.63, 3.8) is 0 Å². The molecule has 3 aromatic carbocycles. The van der Waals surface area contributed by atoms with Crippen LogP contribution in [-0.2, 0) is 6.54 Å². The summed E-state index contributed by atoms with van der Waals surface area (Å²) in [6, 6.07) is 18.6. The van der Waals surface area contributed by atoms with Gasteiger partial charge in [-0.25, -0.2) is 8.78 Å². The second kappa shape index (κ2) is 8.20. The van der Waals surface area contributed by atoms with Crippen LogP contribution in [0.3, 0.4) is 0 Å². The van der Waals surface area contributed by atoms with E-state index >= 15 is 0 Å². The molecule has 0 saturated carbocycles. The van der Waals surface area contributed by atoms with Crippen molar-refractivity contribution in [1.82, 2.24) is 9.80 Å². The van der Waals surface area contributed by atoms with E-state index in [2.05, 4.69) is 33.3 Å². The molecule has 4 rings (SSSR count). The molecule has 0 amide bonds. The van der Waals surface area contributed by atoms with Gasteiger partial charge in [-0.3, -0.25) is 4.90 Å². The molecule has 1 aliphatic rings. The number of thiocarbonyl (C=S) groups is 1.